The molecule has 0 saturated heterocycles. The maximum Gasteiger partial charge on any atom is -0.0227 e. The second-order valence-electron chi connectivity index (χ2n) is 3.38. The highest BCUT2D eigenvalue weighted by atomic mass is 14.0. The highest BCUT2D eigenvalue weighted by Gasteiger charge is 1.90. The summed E-state index contributed by atoms with van der Waals surface area (Å²) in [5.74, 6) is 0.674. The normalized spacial score (nSPS) is 15.0. The van der Waals surface area contributed by atoms with E-state index in [2.05, 4.69) is 44.2 Å². The van der Waals surface area contributed by atoms with Crippen LogP contribution in [-0.4, -0.2) is 0 Å². The van der Waals surface area contributed by atoms with Crippen molar-refractivity contribution < 1.29 is 0 Å². The molecule has 74 valence electrons. The molecule has 1 atom stereocenters. The average Bonchev–Trinajstić information content (AvgIpc) is 2.13. The van der Waals surface area contributed by atoms with Gasteiger partial charge in [-0.1, -0.05) is 56.7 Å². The Hall–Kier alpha value is -0.780. The van der Waals surface area contributed by atoms with Crippen LogP contribution in [0.5, 0.6) is 0 Å². The maximum atomic E-state index is 2.31. The second kappa shape index (κ2) is 9.31. The van der Waals surface area contributed by atoms with Gasteiger partial charge in [0.25, 0.3) is 0 Å². The third-order valence-corrected chi connectivity index (χ3v) is 1.87. The third kappa shape index (κ3) is 9.13. The summed E-state index contributed by atoms with van der Waals surface area (Å²) in [7, 11) is 0. The summed E-state index contributed by atoms with van der Waals surface area (Å²) in [5.41, 5.74) is 0. The van der Waals surface area contributed by atoms with E-state index in [1.54, 1.807) is 0 Å². The van der Waals surface area contributed by atoms with Crippen molar-refractivity contribution in [3.05, 3.63) is 36.5 Å². The van der Waals surface area contributed by atoms with Gasteiger partial charge in [0, 0.05) is 0 Å². The van der Waals surface area contributed by atoms with Gasteiger partial charge in [0.05, 0.1) is 0 Å². The first-order valence-electron chi connectivity index (χ1n) is 5.25. The van der Waals surface area contributed by atoms with Crippen molar-refractivity contribution in [2.75, 3.05) is 0 Å². The minimum atomic E-state index is 0.674. The van der Waals surface area contributed by atoms with E-state index in [-0.39, 0.29) is 0 Å². The first-order valence-corrected chi connectivity index (χ1v) is 5.25. The van der Waals surface area contributed by atoms with Crippen molar-refractivity contribution in [1.82, 2.24) is 0 Å². The molecule has 0 aliphatic heterocycles. The summed E-state index contributed by atoms with van der Waals surface area (Å²) in [6, 6.07) is 0. The molecule has 0 rings (SSSR count). The molecule has 0 saturated carbocycles. The van der Waals surface area contributed by atoms with Crippen LogP contribution in [-0.2, 0) is 0 Å². The topological polar surface area (TPSA) is 0 Å². The summed E-state index contributed by atoms with van der Waals surface area (Å²) < 4.78 is 0. The van der Waals surface area contributed by atoms with Gasteiger partial charge in [-0.3, -0.25) is 0 Å². The molecule has 0 aromatic rings. The molecule has 0 spiro atoms. The zero-order chi connectivity index (χ0) is 9.94. The minimum Gasteiger partial charge on any atom is -0.0883 e. The molecular weight excluding hydrogens is 156 g/mol. The van der Waals surface area contributed by atoms with Crippen molar-refractivity contribution in [1.29, 1.82) is 0 Å². The predicted molar refractivity (Wildman–Crippen MR) is 61.8 cm³/mol. The van der Waals surface area contributed by atoms with Crippen LogP contribution in [0, 0.1) is 5.92 Å². The predicted octanol–water partition coefficient (Wildman–Crippen LogP) is 4.50. The number of hydrogen-bond donors (Lipinski definition) is 0. The van der Waals surface area contributed by atoms with Crippen molar-refractivity contribution >= 4 is 0 Å². The number of allylic oxidation sites excluding steroid dienone is 6. The summed E-state index contributed by atoms with van der Waals surface area (Å²) in [4.78, 5) is 0. The summed E-state index contributed by atoms with van der Waals surface area (Å²) in [6.07, 6.45) is 16.7. The van der Waals surface area contributed by atoms with Crippen molar-refractivity contribution in [2.24, 2.45) is 5.92 Å². The maximum absolute atomic E-state index is 2.31. The van der Waals surface area contributed by atoms with Crippen molar-refractivity contribution in [2.45, 2.75) is 40.0 Å². The first-order chi connectivity index (χ1) is 6.31. The van der Waals surface area contributed by atoms with Gasteiger partial charge >= 0.3 is 0 Å². The van der Waals surface area contributed by atoms with Gasteiger partial charge in [0.1, 0.15) is 0 Å². The quantitative estimate of drug-likeness (QED) is 0.415. The molecule has 0 fully saturated rings. The van der Waals surface area contributed by atoms with Crippen LogP contribution in [0.4, 0.5) is 0 Å². The van der Waals surface area contributed by atoms with E-state index in [4.69, 9.17) is 0 Å². The zero-order valence-electron chi connectivity index (χ0n) is 9.16. The first kappa shape index (κ1) is 12.2. The van der Waals surface area contributed by atoms with Gasteiger partial charge < -0.3 is 0 Å². The van der Waals surface area contributed by atoms with Gasteiger partial charge in [-0.2, -0.15) is 0 Å². The van der Waals surface area contributed by atoms with Gasteiger partial charge in [-0.25, -0.2) is 0 Å². The fourth-order valence-corrected chi connectivity index (χ4v) is 1.06. The number of unbranched alkanes of at least 4 members (excludes halogenated alkanes) is 1. The Morgan fingerprint density at radius 1 is 1.15 bits per heavy atom. The van der Waals surface area contributed by atoms with Gasteiger partial charge in [-0.05, 0) is 25.7 Å². The van der Waals surface area contributed by atoms with Crippen molar-refractivity contribution in [3.8, 4) is 0 Å². The van der Waals surface area contributed by atoms with Crippen LogP contribution in [0.25, 0.3) is 0 Å². The number of rotatable bonds is 6. The smallest absolute Gasteiger partial charge is 0.0227 e. The second-order valence-corrected chi connectivity index (χ2v) is 3.38. The molecule has 1 unspecified atom stereocenters. The van der Waals surface area contributed by atoms with E-state index in [1.165, 1.54) is 12.8 Å². The SMILES string of the molecule is CC=CC=CCC(C)C=CCCC. The lowest BCUT2D eigenvalue weighted by Crippen LogP contribution is -1.85. The Balaban J connectivity index is 3.55. The van der Waals surface area contributed by atoms with Crippen LogP contribution in [0.3, 0.4) is 0 Å². The van der Waals surface area contributed by atoms with E-state index in [1.807, 2.05) is 13.0 Å². The molecule has 0 bridgehead atoms. The zero-order valence-corrected chi connectivity index (χ0v) is 9.16. The molecule has 0 aliphatic carbocycles. The summed E-state index contributed by atoms with van der Waals surface area (Å²) >= 11 is 0. The van der Waals surface area contributed by atoms with E-state index in [0.717, 1.165) is 6.42 Å². The van der Waals surface area contributed by atoms with Crippen LogP contribution in [0.15, 0.2) is 36.5 Å². The summed E-state index contributed by atoms with van der Waals surface area (Å²) in [6.45, 7) is 6.50. The highest BCUT2D eigenvalue weighted by molar-refractivity contribution is 5.02. The molecule has 0 aromatic heterocycles. The van der Waals surface area contributed by atoms with Crippen LogP contribution in [0.1, 0.15) is 40.0 Å². The van der Waals surface area contributed by atoms with E-state index >= 15 is 0 Å². The largest absolute Gasteiger partial charge is 0.0883 e. The molecule has 0 N–H and O–H groups in total. The van der Waals surface area contributed by atoms with Crippen LogP contribution < -0.4 is 0 Å². The van der Waals surface area contributed by atoms with E-state index in [0.29, 0.717) is 5.92 Å². The summed E-state index contributed by atoms with van der Waals surface area (Å²) in [5, 5.41) is 0. The van der Waals surface area contributed by atoms with Gasteiger partial charge in [0.15, 0.2) is 0 Å². The third-order valence-electron chi connectivity index (χ3n) is 1.87. The van der Waals surface area contributed by atoms with Crippen LogP contribution in [0.2, 0.25) is 0 Å². The molecular formula is C13H22. The Bertz CT molecular complexity index is 172. The Labute approximate surface area is 83.0 Å². The minimum absolute atomic E-state index is 0.674. The molecule has 0 aromatic carbocycles. The molecule has 0 nitrogen and oxygen atoms in total. The van der Waals surface area contributed by atoms with E-state index < -0.39 is 0 Å². The fraction of sp³-hybridized carbons (Fsp3) is 0.538. The fourth-order valence-electron chi connectivity index (χ4n) is 1.06. The van der Waals surface area contributed by atoms with E-state index in [9.17, 15) is 0 Å². The van der Waals surface area contributed by atoms with Gasteiger partial charge in [0.2, 0.25) is 0 Å². The monoisotopic (exact) mass is 178 g/mol. The Kier molecular flexibility index (Phi) is 8.75. The lowest BCUT2D eigenvalue weighted by Gasteiger charge is -1.99. The lowest BCUT2D eigenvalue weighted by molar-refractivity contribution is 0.738. The average molecular weight is 178 g/mol. The Morgan fingerprint density at radius 2 is 1.92 bits per heavy atom. The molecule has 0 radical (unpaired) electrons. The van der Waals surface area contributed by atoms with Gasteiger partial charge in [-0.15, -0.1) is 0 Å². The molecule has 0 amide bonds. The molecule has 13 heavy (non-hydrogen) atoms. The standard InChI is InChI=1S/C13H22/c1-4-6-8-10-12-13(3)11-9-7-5-2/h4,6,8-11,13H,5,7,12H2,1-3H3. The molecule has 0 heteroatoms. The lowest BCUT2D eigenvalue weighted by atomic mass is 10.1. The van der Waals surface area contributed by atoms with Crippen LogP contribution >= 0.6 is 0 Å². The number of hydrogen-bond acceptors (Lipinski definition) is 0. The molecule has 0 aliphatic rings. The molecule has 0 heterocycles. The highest BCUT2D eigenvalue weighted by Crippen LogP contribution is 2.05. The van der Waals surface area contributed by atoms with Crippen molar-refractivity contribution in [3.63, 3.8) is 0 Å². The Morgan fingerprint density at radius 3 is 2.54 bits per heavy atom.